The van der Waals surface area contributed by atoms with Crippen LogP contribution in [0, 0.1) is 5.92 Å². The van der Waals surface area contributed by atoms with Crippen LogP contribution in [-0.2, 0) is 24.0 Å². The topological polar surface area (TPSA) is 258 Å². The summed E-state index contributed by atoms with van der Waals surface area (Å²) in [5.74, 6) is -5.03. The highest BCUT2D eigenvalue weighted by Gasteiger charge is 2.31. The highest BCUT2D eigenvalue weighted by atomic mass is 32.1. The molecular formula is C19H36N8O6S. The molecule has 5 atom stereocenters. The van der Waals surface area contributed by atoms with E-state index < -0.39 is 60.2 Å². The van der Waals surface area contributed by atoms with Gasteiger partial charge in [0.2, 0.25) is 23.6 Å². The SMILES string of the molecule is CCC(C)C(N)C(=O)NC(CC(N)=O)C(=O)NC(CS)C(=O)NC(CCCN=C(N)N)C(=O)O. The number of carboxylic acids is 1. The third kappa shape index (κ3) is 11.7. The van der Waals surface area contributed by atoms with E-state index in [1.165, 1.54) is 0 Å². The molecule has 0 aromatic rings. The first-order valence-electron chi connectivity index (χ1n) is 10.7. The van der Waals surface area contributed by atoms with Gasteiger partial charge in [0.25, 0.3) is 0 Å². The monoisotopic (exact) mass is 504 g/mol. The molecule has 34 heavy (non-hydrogen) atoms. The predicted octanol–water partition coefficient (Wildman–Crippen LogP) is -3.24. The zero-order chi connectivity index (χ0) is 26.4. The van der Waals surface area contributed by atoms with Crippen molar-refractivity contribution in [3.05, 3.63) is 0 Å². The largest absolute Gasteiger partial charge is 0.480 e. The Morgan fingerprint density at radius 3 is 1.94 bits per heavy atom. The van der Waals surface area contributed by atoms with Gasteiger partial charge < -0.3 is 44.0 Å². The number of carbonyl (C=O) groups excluding carboxylic acids is 4. The molecule has 0 aliphatic heterocycles. The number of nitrogens with one attached hydrogen (secondary N) is 3. The zero-order valence-corrected chi connectivity index (χ0v) is 20.2. The lowest BCUT2D eigenvalue weighted by atomic mass is 9.99. The van der Waals surface area contributed by atoms with E-state index in [1.54, 1.807) is 6.92 Å². The number of aliphatic imine (C=N–C) groups is 1. The lowest BCUT2D eigenvalue weighted by Crippen LogP contribution is -2.58. The normalized spacial score (nSPS) is 15.1. The number of aliphatic carboxylic acids is 1. The third-order valence-corrected chi connectivity index (χ3v) is 5.34. The molecule has 0 saturated carbocycles. The number of guanidine groups is 1. The van der Waals surface area contributed by atoms with Crippen LogP contribution in [0.25, 0.3) is 0 Å². The summed E-state index contributed by atoms with van der Waals surface area (Å²) < 4.78 is 0. The molecule has 0 aliphatic rings. The van der Waals surface area contributed by atoms with Gasteiger partial charge in [0.05, 0.1) is 12.5 Å². The van der Waals surface area contributed by atoms with Crippen molar-refractivity contribution in [1.29, 1.82) is 0 Å². The van der Waals surface area contributed by atoms with Crippen molar-refractivity contribution in [1.82, 2.24) is 16.0 Å². The predicted molar refractivity (Wildman–Crippen MR) is 128 cm³/mol. The molecule has 0 aromatic carbocycles. The van der Waals surface area contributed by atoms with Gasteiger partial charge >= 0.3 is 5.97 Å². The van der Waals surface area contributed by atoms with E-state index in [4.69, 9.17) is 22.9 Å². The summed E-state index contributed by atoms with van der Waals surface area (Å²) in [5, 5.41) is 16.4. The molecule has 12 N–H and O–H groups in total. The highest BCUT2D eigenvalue weighted by molar-refractivity contribution is 7.80. The van der Waals surface area contributed by atoms with E-state index in [-0.39, 0.29) is 37.0 Å². The van der Waals surface area contributed by atoms with Crippen molar-refractivity contribution in [3.63, 3.8) is 0 Å². The van der Waals surface area contributed by atoms with Crippen LogP contribution in [-0.4, -0.2) is 77.1 Å². The molecule has 14 nitrogen and oxygen atoms in total. The van der Waals surface area contributed by atoms with Gasteiger partial charge in [-0.15, -0.1) is 0 Å². The molecule has 0 aliphatic carbocycles. The molecule has 194 valence electrons. The summed E-state index contributed by atoms with van der Waals surface area (Å²) in [6.07, 6.45) is 0.378. The van der Waals surface area contributed by atoms with Crippen LogP contribution in [0.5, 0.6) is 0 Å². The Labute approximate surface area is 203 Å². The first-order valence-corrected chi connectivity index (χ1v) is 11.3. The Balaban J connectivity index is 5.24. The Morgan fingerprint density at radius 2 is 1.47 bits per heavy atom. The van der Waals surface area contributed by atoms with Crippen LogP contribution in [0.1, 0.15) is 39.5 Å². The van der Waals surface area contributed by atoms with Gasteiger partial charge in [-0.1, -0.05) is 20.3 Å². The molecule has 0 rings (SSSR count). The van der Waals surface area contributed by atoms with Gasteiger partial charge in [0, 0.05) is 12.3 Å². The van der Waals surface area contributed by atoms with Crippen molar-refractivity contribution in [2.24, 2.45) is 33.8 Å². The Bertz CT molecular complexity index is 761. The molecule has 0 radical (unpaired) electrons. The van der Waals surface area contributed by atoms with E-state index in [0.29, 0.717) is 6.42 Å². The van der Waals surface area contributed by atoms with Crippen molar-refractivity contribution in [3.8, 4) is 0 Å². The molecule has 0 heterocycles. The number of hydrogen-bond donors (Lipinski definition) is 9. The van der Waals surface area contributed by atoms with Gasteiger partial charge in [-0.25, -0.2) is 4.79 Å². The number of thiol groups is 1. The minimum atomic E-state index is -1.38. The maximum absolute atomic E-state index is 12.7. The molecule has 0 spiro atoms. The standard InChI is InChI=1S/C19H36N8O6S/c1-3-9(2)14(21)17(31)26-11(7-13(20)28)15(29)27-12(8-34)16(30)25-10(18(32)33)5-4-6-24-19(22)23/h9-12,14,34H,3-8,21H2,1-2H3,(H2,20,28)(H,25,30)(H,26,31)(H,27,29)(H,32,33)(H4,22,23,24). The summed E-state index contributed by atoms with van der Waals surface area (Å²) in [4.78, 5) is 64.2. The maximum atomic E-state index is 12.7. The molecule has 4 amide bonds. The van der Waals surface area contributed by atoms with Crippen LogP contribution in [0.2, 0.25) is 0 Å². The van der Waals surface area contributed by atoms with E-state index in [0.717, 1.165) is 0 Å². The van der Waals surface area contributed by atoms with Crippen molar-refractivity contribution >= 4 is 48.2 Å². The summed E-state index contributed by atoms with van der Waals surface area (Å²) >= 11 is 4.02. The second kappa shape index (κ2) is 15.7. The number of carbonyl (C=O) groups is 5. The lowest BCUT2D eigenvalue weighted by Gasteiger charge is -2.25. The summed E-state index contributed by atoms with van der Waals surface area (Å²) in [5.41, 5.74) is 21.5. The molecule has 15 heteroatoms. The minimum Gasteiger partial charge on any atom is -0.480 e. The number of primary amides is 1. The van der Waals surface area contributed by atoms with Crippen LogP contribution < -0.4 is 38.9 Å². The molecule has 0 bridgehead atoms. The van der Waals surface area contributed by atoms with Crippen LogP contribution in [0.4, 0.5) is 0 Å². The van der Waals surface area contributed by atoms with Crippen LogP contribution in [0.3, 0.4) is 0 Å². The number of rotatable bonds is 16. The fraction of sp³-hybridized carbons (Fsp3) is 0.684. The number of nitrogens with two attached hydrogens (primary N) is 4. The van der Waals surface area contributed by atoms with Gasteiger partial charge in [0.15, 0.2) is 5.96 Å². The van der Waals surface area contributed by atoms with Gasteiger partial charge in [-0.05, 0) is 18.8 Å². The average Bonchev–Trinajstić information content (AvgIpc) is 2.76. The quantitative estimate of drug-likeness (QED) is 0.0442. The number of amides is 4. The first-order chi connectivity index (χ1) is 15.8. The average molecular weight is 505 g/mol. The Hall–Kier alpha value is -3.07. The van der Waals surface area contributed by atoms with E-state index in [2.05, 4.69) is 33.6 Å². The number of nitrogens with zero attached hydrogens (tertiary/aromatic N) is 1. The Morgan fingerprint density at radius 1 is 0.941 bits per heavy atom. The fourth-order valence-electron chi connectivity index (χ4n) is 2.69. The lowest BCUT2D eigenvalue weighted by molar-refractivity contribution is -0.142. The summed E-state index contributed by atoms with van der Waals surface area (Å²) in [7, 11) is 0. The second-order valence-electron chi connectivity index (χ2n) is 7.73. The second-order valence-corrected chi connectivity index (χ2v) is 8.10. The van der Waals surface area contributed by atoms with Crippen molar-refractivity contribution in [2.45, 2.75) is 63.7 Å². The Kier molecular flexibility index (Phi) is 14.3. The molecule has 0 saturated heterocycles. The smallest absolute Gasteiger partial charge is 0.326 e. The van der Waals surface area contributed by atoms with Gasteiger partial charge in [-0.3, -0.25) is 24.2 Å². The number of hydrogen-bond acceptors (Lipinski definition) is 8. The first kappa shape index (κ1) is 30.9. The molecular weight excluding hydrogens is 468 g/mol. The maximum Gasteiger partial charge on any atom is 0.326 e. The molecule has 5 unspecified atom stereocenters. The van der Waals surface area contributed by atoms with E-state index in [1.807, 2.05) is 6.92 Å². The number of carboxylic acid groups (broad SMARTS) is 1. The van der Waals surface area contributed by atoms with Crippen LogP contribution >= 0.6 is 12.6 Å². The third-order valence-electron chi connectivity index (χ3n) is 4.97. The molecule has 0 aromatic heterocycles. The van der Waals surface area contributed by atoms with E-state index >= 15 is 0 Å². The fourth-order valence-corrected chi connectivity index (χ4v) is 2.95. The van der Waals surface area contributed by atoms with Gasteiger partial charge in [0.1, 0.15) is 18.1 Å². The van der Waals surface area contributed by atoms with Gasteiger partial charge in [-0.2, -0.15) is 12.6 Å². The minimum absolute atomic E-state index is 0.0267. The van der Waals surface area contributed by atoms with Crippen LogP contribution in [0.15, 0.2) is 4.99 Å². The summed E-state index contributed by atoms with van der Waals surface area (Å²) in [6.45, 7) is 3.76. The highest BCUT2D eigenvalue weighted by Crippen LogP contribution is 2.06. The summed E-state index contributed by atoms with van der Waals surface area (Å²) in [6, 6.07) is -4.83. The molecule has 0 fully saturated rings. The van der Waals surface area contributed by atoms with E-state index in [9.17, 15) is 29.1 Å². The van der Waals surface area contributed by atoms with Crippen molar-refractivity contribution < 1.29 is 29.1 Å². The van der Waals surface area contributed by atoms with Crippen molar-refractivity contribution in [2.75, 3.05) is 12.3 Å². The zero-order valence-electron chi connectivity index (χ0n) is 19.3.